The minimum Gasteiger partial charge on any atom is -0.324 e. The van der Waals surface area contributed by atoms with Gasteiger partial charge in [-0.1, -0.05) is 17.7 Å². The van der Waals surface area contributed by atoms with Crippen molar-refractivity contribution in [2.24, 2.45) is 0 Å². The summed E-state index contributed by atoms with van der Waals surface area (Å²) < 4.78 is 1.16. The van der Waals surface area contributed by atoms with Gasteiger partial charge in [0.05, 0.1) is 5.69 Å². The van der Waals surface area contributed by atoms with Gasteiger partial charge in [-0.3, -0.25) is 9.59 Å². The summed E-state index contributed by atoms with van der Waals surface area (Å²) in [6.07, 6.45) is 0. The van der Waals surface area contributed by atoms with Crippen LogP contribution in [0.15, 0.2) is 35.1 Å². The number of hydrogen-bond donors (Lipinski definition) is 1. The third kappa shape index (κ3) is 3.32. The highest BCUT2D eigenvalue weighted by atomic mass is 16.2. The van der Waals surface area contributed by atoms with Gasteiger partial charge in [0.1, 0.15) is 6.54 Å². The van der Waals surface area contributed by atoms with Crippen molar-refractivity contribution in [2.75, 3.05) is 5.32 Å². The van der Waals surface area contributed by atoms with Gasteiger partial charge in [0.15, 0.2) is 0 Å². The average molecular weight is 271 g/mol. The number of aromatic nitrogens is 2. The summed E-state index contributed by atoms with van der Waals surface area (Å²) in [6.45, 7) is 5.61. The van der Waals surface area contributed by atoms with Crippen LogP contribution in [0.5, 0.6) is 0 Å². The van der Waals surface area contributed by atoms with E-state index in [1.165, 1.54) is 6.07 Å². The Labute approximate surface area is 117 Å². The fourth-order valence-electron chi connectivity index (χ4n) is 1.94. The zero-order valence-electron chi connectivity index (χ0n) is 11.8. The highest BCUT2D eigenvalue weighted by Crippen LogP contribution is 2.15. The van der Waals surface area contributed by atoms with Crippen LogP contribution >= 0.6 is 0 Å². The highest BCUT2D eigenvalue weighted by molar-refractivity contribution is 5.91. The Morgan fingerprint density at radius 2 is 1.95 bits per heavy atom. The molecule has 0 saturated carbocycles. The fraction of sp³-hybridized carbons (Fsp3) is 0.267. The van der Waals surface area contributed by atoms with Gasteiger partial charge in [-0.15, -0.1) is 0 Å². The zero-order chi connectivity index (χ0) is 14.7. The van der Waals surface area contributed by atoms with Gasteiger partial charge in [0, 0.05) is 11.8 Å². The van der Waals surface area contributed by atoms with Gasteiger partial charge in [0.2, 0.25) is 5.91 Å². The van der Waals surface area contributed by atoms with Crippen molar-refractivity contribution in [2.45, 2.75) is 27.3 Å². The number of nitrogens with zero attached hydrogens (tertiary/aromatic N) is 2. The molecule has 2 aromatic rings. The number of amides is 1. The lowest BCUT2D eigenvalue weighted by Crippen LogP contribution is -2.29. The zero-order valence-corrected chi connectivity index (χ0v) is 11.8. The lowest BCUT2D eigenvalue weighted by Gasteiger charge is -2.10. The molecule has 0 atom stereocenters. The Hall–Kier alpha value is -2.43. The lowest BCUT2D eigenvalue weighted by molar-refractivity contribution is -0.117. The normalized spacial score (nSPS) is 10.3. The molecule has 0 spiro atoms. The largest absolute Gasteiger partial charge is 0.324 e. The van der Waals surface area contributed by atoms with Crippen molar-refractivity contribution in [1.29, 1.82) is 0 Å². The van der Waals surface area contributed by atoms with Gasteiger partial charge >= 0.3 is 0 Å². The van der Waals surface area contributed by atoms with Gasteiger partial charge < -0.3 is 5.32 Å². The molecule has 1 amide bonds. The smallest absolute Gasteiger partial charge is 0.267 e. The number of aryl methyl sites for hydroxylation is 3. The van der Waals surface area contributed by atoms with E-state index >= 15 is 0 Å². The van der Waals surface area contributed by atoms with Crippen molar-refractivity contribution in [3.63, 3.8) is 0 Å². The number of carbonyl (C=O) groups is 1. The second-order valence-electron chi connectivity index (χ2n) is 4.84. The summed E-state index contributed by atoms with van der Waals surface area (Å²) in [4.78, 5) is 23.6. The van der Waals surface area contributed by atoms with Crippen molar-refractivity contribution in [3.05, 3.63) is 57.5 Å². The molecule has 1 N–H and O–H groups in total. The van der Waals surface area contributed by atoms with Gasteiger partial charge in [-0.2, -0.15) is 5.10 Å². The van der Waals surface area contributed by atoms with Crippen molar-refractivity contribution < 1.29 is 4.79 Å². The molecule has 0 bridgehead atoms. The Bertz CT molecular complexity index is 705. The number of nitrogens with one attached hydrogen (secondary N) is 1. The van der Waals surface area contributed by atoms with E-state index in [0.29, 0.717) is 5.69 Å². The summed E-state index contributed by atoms with van der Waals surface area (Å²) in [7, 11) is 0. The molecule has 0 saturated heterocycles. The molecule has 5 heteroatoms. The van der Waals surface area contributed by atoms with Crippen molar-refractivity contribution in [3.8, 4) is 0 Å². The molecular weight excluding hydrogens is 254 g/mol. The molecule has 2 rings (SSSR count). The first kappa shape index (κ1) is 14.0. The van der Waals surface area contributed by atoms with E-state index in [0.717, 1.165) is 21.5 Å². The Morgan fingerprint density at radius 1 is 1.20 bits per heavy atom. The Balaban J connectivity index is 2.13. The quantitative estimate of drug-likeness (QED) is 0.926. The van der Waals surface area contributed by atoms with Crippen LogP contribution in [0.1, 0.15) is 16.8 Å². The number of rotatable bonds is 3. The Morgan fingerprint density at radius 3 is 2.65 bits per heavy atom. The third-order valence-electron chi connectivity index (χ3n) is 2.95. The van der Waals surface area contributed by atoms with Crippen LogP contribution in [-0.4, -0.2) is 15.7 Å². The predicted molar refractivity (Wildman–Crippen MR) is 77.8 cm³/mol. The molecule has 1 aromatic carbocycles. The predicted octanol–water partition coefficient (Wildman–Crippen LogP) is 1.81. The summed E-state index contributed by atoms with van der Waals surface area (Å²) >= 11 is 0. The monoisotopic (exact) mass is 271 g/mol. The van der Waals surface area contributed by atoms with Crippen LogP contribution in [-0.2, 0) is 11.3 Å². The molecular formula is C15H17N3O2. The molecule has 104 valence electrons. The first-order valence-corrected chi connectivity index (χ1v) is 6.37. The van der Waals surface area contributed by atoms with Gasteiger partial charge in [0.25, 0.3) is 5.56 Å². The number of hydrogen-bond acceptors (Lipinski definition) is 3. The van der Waals surface area contributed by atoms with Crippen molar-refractivity contribution in [1.82, 2.24) is 9.78 Å². The third-order valence-corrected chi connectivity index (χ3v) is 2.95. The number of anilines is 1. The highest BCUT2D eigenvalue weighted by Gasteiger charge is 2.08. The molecule has 0 aliphatic rings. The summed E-state index contributed by atoms with van der Waals surface area (Å²) in [6, 6.07) is 8.81. The molecule has 5 nitrogen and oxygen atoms in total. The molecule has 0 aliphatic heterocycles. The molecule has 1 aromatic heterocycles. The van der Waals surface area contributed by atoms with E-state index in [1.807, 2.05) is 32.0 Å². The van der Waals surface area contributed by atoms with E-state index in [2.05, 4.69) is 10.4 Å². The fourth-order valence-corrected chi connectivity index (χ4v) is 1.94. The van der Waals surface area contributed by atoms with Gasteiger partial charge in [-0.25, -0.2) is 4.68 Å². The maximum atomic E-state index is 12.0. The van der Waals surface area contributed by atoms with Crippen LogP contribution in [0.2, 0.25) is 0 Å². The molecule has 0 unspecified atom stereocenters. The first-order valence-electron chi connectivity index (χ1n) is 6.37. The molecule has 0 radical (unpaired) electrons. The Kier molecular flexibility index (Phi) is 3.98. The molecule has 0 aliphatic carbocycles. The first-order chi connectivity index (χ1) is 9.45. The minimum atomic E-state index is -0.286. The van der Waals surface area contributed by atoms with Crippen LogP contribution in [0.25, 0.3) is 0 Å². The van der Waals surface area contributed by atoms with Gasteiger partial charge in [-0.05, 0) is 38.5 Å². The van der Waals surface area contributed by atoms with E-state index < -0.39 is 0 Å². The van der Waals surface area contributed by atoms with E-state index in [4.69, 9.17) is 0 Å². The second kappa shape index (κ2) is 5.69. The van der Waals surface area contributed by atoms with Crippen LogP contribution < -0.4 is 10.9 Å². The van der Waals surface area contributed by atoms with Crippen LogP contribution in [0, 0.1) is 20.8 Å². The van der Waals surface area contributed by atoms with E-state index in [-0.39, 0.29) is 18.0 Å². The van der Waals surface area contributed by atoms with Crippen LogP contribution in [0.4, 0.5) is 5.69 Å². The maximum absolute atomic E-state index is 12.0. The summed E-state index contributed by atoms with van der Waals surface area (Å²) in [5.74, 6) is -0.267. The average Bonchev–Trinajstić information content (AvgIpc) is 2.37. The molecule has 20 heavy (non-hydrogen) atoms. The maximum Gasteiger partial charge on any atom is 0.267 e. The SMILES string of the molecule is Cc1ccc(NC(=O)Cn2nc(C)ccc2=O)c(C)c1. The van der Waals surface area contributed by atoms with Crippen molar-refractivity contribution >= 4 is 11.6 Å². The van der Waals surface area contributed by atoms with E-state index in [9.17, 15) is 9.59 Å². The summed E-state index contributed by atoms with van der Waals surface area (Å²) in [5, 5.41) is 6.83. The number of carbonyl (C=O) groups excluding carboxylic acids is 1. The minimum absolute atomic E-state index is 0.0895. The standard InChI is InChI=1S/C15H17N3O2/c1-10-4-6-13(11(2)8-10)16-14(19)9-18-15(20)7-5-12(3)17-18/h4-8H,9H2,1-3H3,(H,16,19). The van der Waals surface area contributed by atoms with E-state index in [1.54, 1.807) is 13.0 Å². The summed E-state index contributed by atoms with van der Waals surface area (Å²) in [5.41, 5.74) is 3.29. The topological polar surface area (TPSA) is 64.0 Å². The number of benzene rings is 1. The second-order valence-corrected chi connectivity index (χ2v) is 4.84. The van der Waals surface area contributed by atoms with Crippen LogP contribution in [0.3, 0.4) is 0 Å². The lowest BCUT2D eigenvalue weighted by atomic mass is 10.1. The molecule has 1 heterocycles. The molecule has 0 fully saturated rings.